The van der Waals surface area contributed by atoms with Crippen molar-refractivity contribution >= 4 is 6.21 Å². The fourth-order valence-electron chi connectivity index (χ4n) is 1.94. The Labute approximate surface area is 103 Å². The molecule has 0 rings (SSSR count). The third-order valence-corrected chi connectivity index (χ3v) is 3.09. The van der Waals surface area contributed by atoms with Gasteiger partial charge in [-0.2, -0.15) is 0 Å². The molecule has 0 unspecified atom stereocenters. The van der Waals surface area contributed by atoms with Crippen molar-refractivity contribution in [2.75, 3.05) is 13.6 Å². The third kappa shape index (κ3) is 11.7. The quantitative estimate of drug-likeness (QED) is 0.274. The van der Waals surface area contributed by atoms with Crippen molar-refractivity contribution < 1.29 is 4.58 Å². The SMILES string of the molecule is CCCC=[N+](C)CCCCCCCCCC. The predicted molar refractivity (Wildman–Crippen MR) is 74.6 cm³/mol. The summed E-state index contributed by atoms with van der Waals surface area (Å²) < 4.78 is 2.36. The molecule has 0 radical (unpaired) electrons. The topological polar surface area (TPSA) is 3.01 Å². The minimum Gasteiger partial charge on any atom is -0.242 e. The Morgan fingerprint density at radius 3 is 1.88 bits per heavy atom. The van der Waals surface area contributed by atoms with Crippen LogP contribution in [0.5, 0.6) is 0 Å². The zero-order valence-electron chi connectivity index (χ0n) is 11.8. The Bertz CT molecular complexity index is 161. The summed E-state index contributed by atoms with van der Waals surface area (Å²) in [7, 11) is 2.21. The Morgan fingerprint density at radius 2 is 1.31 bits per heavy atom. The number of hydrogen-bond acceptors (Lipinski definition) is 0. The highest BCUT2D eigenvalue weighted by Crippen LogP contribution is 2.08. The van der Waals surface area contributed by atoms with Crippen LogP contribution in [0.1, 0.15) is 78.1 Å². The summed E-state index contributed by atoms with van der Waals surface area (Å²) in [5.41, 5.74) is 0. The lowest BCUT2D eigenvalue weighted by atomic mass is 10.1. The molecule has 0 aromatic carbocycles. The molecule has 96 valence electrons. The van der Waals surface area contributed by atoms with Crippen LogP contribution < -0.4 is 0 Å². The van der Waals surface area contributed by atoms with E-state index >= 15 is 0 Å². The minimum absolute atomic E-state index is 1.23. The van der Waals surface area contributed by atoms with Gasteiger partial charge in [0.15, 0.2) is 0 Å². The van der Waals surface area contributed by atoms with Crippen molar-refractivity contribution in [3.8, 4) is 0 Å². The Balaban J connectivity index is 3.14. The Morgan fingerprint density at radius 1 is 0.750 bits per heavy atom. The van der Waals surface area contributed by atoms with Gasteiger partial charge in [-0.25, -0.2) is 4.58 Å². The second-order valence-electron chi connectivity index (χ2n) is 4.93. The maximum atomic E-state index is 2.36. The van der Waals surface area contributed by atoms with Gasteiger partial charge < -0.3 is 0 Å². The largest absolute Gasteiger partial charge is 0.242 e. The van der Waals surface area contributed by atoms with E-state index in [1.807, 2.05) is 0 Å². The van der Waals surface area contributed by atoms with Crippen LogP contribution in [0.15, 0.2) is 0 Å². The van der Waals surface area contributed by atoms with Gasteiger partial charge >= 0.3 is 0 Å². The van der Waals surface area contributed by atoms with Crippen molar-refractivity contribution in [1.82, 2.24) is 0 Å². The molecule has 0 aromatic rings. The summed E-state index contributed by atoms with van der Waals surface area (Å²) in [4.78, 5) is 0. The van der Waals surface area contributed by atoms with Gasteiger partial charge in [0.05, 0.1) is 0 Å². The second kappa shape index (κ2) is 12.7. The van der Waals surface area contributed by atoms with Crippen LogP contribution in [-0.2, 0) is 0 Å². The molecule has 1 nitrogen and oxygen atoms in total. The van der Waals surface area contributed by atoms with Crippen LogP contribution in [0.2, 0.25) is 0 Å². The van der Waals surface area contributed by atoms with Crippen molar-refractivity contribution in [3.05, 3.63) is 0 Å². The maximum absolute atomic E-state index is 2.36. The molecular formula is C15H32N+. The maximum Gasteiger partial charge on any atom is 0.142 e. The number of rotatable bonds is 11. The number of nitrogens with zero attached hydrogens (tertiary/aromatic N) is 1. The van der Waals surface area contributed by atoms with Gasteiger partial charge in [0, 0.05) is 12.8 Å². The Kier molecular flexibility index (Phi) is 12.5. The van der Waals surface area contributed by atoms with Gasteiger partial charge in [0.2, 0.25) is 0 Å². The zero-order valence-corrected chi connectivity index (χ0v) is 11.8. The molecule has 16 heavy (non-hydrogen) atoms. The van der Waals surface area contributed by atoms with Gasteiger partial charge in [-0.15, -0.1) is 0 Å². The van der Waals surface area contributed by atoms with Crippen molar-refractivity contribution in [1.29, 1.82) is 0 Å². The smallest absolute Gasteiger partial charge is 0.142 e. The molecule has 0 aliphatic carbocycles. The van der Waals surface area contributed by atoms with E-state index in [4.69, 9.17) is 0 Å². The fraction of sp³-hybridized carbons (Fsp3) is 0.933. The Hall–Kier alpha value is -0.330. The summed E-state index contributed by atoms with van der Waals surface area (Å²) in [6.07, 6.45) is 16.2. The first-order valence-electron chi connectivity index (χ1n) is 7.34. The van der Waals surface area contributed by atoms with Gasteiger partial charge in [-0.3, -0.25) is 0 Å². The van der Waals surface area contributed by atoms with E-state index in [0.29, 0.717) is 0 Å². The monoisotopic (exact) mass is 226 g/mol. The second-order valence-corrected chi connectivity index (χ2v) is 4.93. The van der Waals surface area contributed by atoms with Crippen LogP contribution in [0.3, 0.4) is 0 Å². The summed E-state index contributed by atoms with van der Waals surface area (Å²) in [6, 6.07) is 0. The van der Waals surface area contributed by atoms with Crippen LogP contribution in [-0.4, -0.2) is 24.4 Å². The standard InChI is InChI=1S/C15H32N/c1-4-6-8-9-10-11-12-13-15-16(3)14-7-5-2/h14H,4-13,15H2,1-3H3/q+1. The summed E-state index contributed by atoms with van der Waals surface area (Å²) in [5.74, 6) is 0. The van der Waals surface area contributed by atoms with Gasteiger partial charge in [-0.1, -0.05) is 52.4 Å². The molecule has 0 heterocycles. The lowest BCUT2D eigenvalue weighted by Crippen LogP contribution is -2.08. The van der Waals surface area contributed by atoms with E-state index in [1.54, 1.807) is 0 Å². The number of unbranched alkanes of at least 4 members (excludes halogenated alkanes) is 8. The fourth-order valence-corrected chi connectivity index (χ4v) is 1.94. The minimum atomic E-state index is 1.23. The third-order valence-electron chi connectivity index (χ3n) is 3.09. The molecule has 0 aliphatic heterocycles. The molecule has 0 aromatic heterocycles. The molecule has 0 fully saturated rings. The van der Waals surface area contributed by atoms with Crippen LogP contribution in [0.25, 0.3) is 0 Å². The first kappa shape index (κ1) is 15.7. The number of hydrogen-bond donors (Lipinski definition) is 0. The molecule has 0 aliphatic rings. The van der Waals surface area contributed by atoms with Gasteiger partial charge in [0.25, 0.3) is 0 Å². The lowest BCUT2D eigenvalue weighted by Gasteiger charge is -2.00. The van der Waals surface area contributed by atoms with E-state index in [2.05, 4.69) is 31.7 Å². The van der Waals surface area contributed by atoms with Gasteiger partial charge in [-0.05, 0) is 12.8 Å². The highest BCUT2D eigenvalue weighted by Gasteiger charge is 1.96. The van der Waals surface area contributed by atoms with Crippen molar-refractivity contribution in [3.63, 3.8) is 0 Å². The molecule has 0 spiro atoms. The zero-order chi connectivity index (χ0) is 12.1. The molecule has 0 amide bonds. The molecule has 0 saturated heterocycles. The van der Waals surface area contributed by atoms with E-state index in [1.165, 1.54) is 70.8 Å². The average molecular weight is 226 g/mol. The highest BCUT2D eigenvalue weighted by molar-refractivity contribution is 5.50. The molecule has 0 saturated carbocycles. The van der Waals surface area contributed by atoms with Gasteiger partial charge in [0.1, 0.15) is 19.8 Å². The van der Waals surface area contributed by atoms with Crippen LogP contribution in [0.4, 0.5) is 0 Å². The lowest BCUT2D eigenvalue weighted by molar-refractivity contribution is -0.494. The first-order chi connectivity index (χ1) is 7.81. The van der Waals surface area contributed by atoms with E-state index < -0.39 is 0 Å². The van der Waals surface area contributed by atoms with Crippen LogP contribution in [0, 0.1) is 0 Å². The molecular weight excluding hydrogens is 194 g/mol. The molecule has 0 bridgehead atoms. The van der Waals surface area contributed by atoms with Crippen molar-refractivity contribution in [2.45, 2.75) is 78.1 Å². The molecule has 0 atom stereocenters. The summed E-state index contributed by atoms with van der Waals surface area (Å²) >= 11 is 0. The van der Waals surface area contributed by atoms with E-state index in [0.717, 1.165) is 0 Å². The summed E-state index contributed by atoms with van der Waals surface area (Å²) in [5, 5.41) is 0. The molecule has 1 heteroatoms. The predicted octanol–water partition coefficient (Wildman–Crippen LogP) is 4.64. The van der Waals surface area contributed by atoms with Crippen molar-refractivity contribution in [2.24, 2.45) is 0 Å². The van der Waals surface area contributed by atoms with Crippen LogP contribution >= 0.6 is 0 Å². The first-order valence-corrected chi connectivity index (χ1v) is 7.34. The van der Waals surface area contributed by atoms with E-state index in [9.17, 15) is 0 Å². The normalized spacial score (nSPS) is 12.1. The highest BCUT2D eigenvalue weighted by atomic mass is 14.9. The van der Waals surface area contributed by atoms with E-state index in [-0.39, 0.29) is 0 Å². The average Bonchev–Trinajstić information content (AvgIpc) is 2.30. The molecule has 0 N–H and O–H groups in total. The summed E-state index contributed by atoms with van der Waals surface area (Å²) in [6.45, 7) is 5.76.